The SMILES string of the molecule is COc1ccccc1C(NC(=O)OC(C)(C)C)C(N)=NO. The van der Waals surface area contributed by atoms with Crippen molar-refractivity contribution in [1.82, 2.24) is 5.32 Å². The second-order valence-electron chi connectivity index (χ2n) is 5.35. The molecule has 0 fully saturated rings. The monoisotopic (exact) mass is 295 g/mol. The Hall–Kier alpha value is -2.44. The smallest absolute Gasteiger partial charge is 0.408 e. The number of amides is 1. The molecule has 0 radical (unpaired) electrons. The van der Waals surface area contributed by atoms with Crippen molar-refractivity contribution in [2.24, 2.45) is 10.9 Å². The first-order valence-corrected chi connectivity index (χ1v) is 6.38. The lowest BCUT2D eigenvalue weighted by atomic mass is 10.0. The lowest BCUT2D eigenvalue weighted by molar-refractivity contribution is 0.0516. The minimum Gasteiger partial charge on any atom is -0.496 e. The van der Waals surface area contributed by atoms with Gasteiger partial charge in [-0.2, -0.15) is 0 Å². The van der Waals surface area contributed by atoms with Gasteiger partial charge in [0.15, 0.2) is 5.84 Å². The summed E-state index contributed by atoms with van der Waals surface area (Å²) in [5.74, 6) is 0.329. The van der Waals surface area contributed by atoms with E-state index < -0.39 is 17.7 Å². The summed E-state index contributed by atoms with van der Waals surface area (Å²) in [7, 11) is 1.50. The van der Waals surface area contributed by atoms with Crippen LogP contribution in [0.15, 0.2) is 29.4 Å². The maximum absolute atomic E-state index is 11.9. The van der Waals surface area contributed by atoms with Crippen LogP contribution in [0, 0.1) is 0 Å². The zero-order chi connectivity index (χ0) is 16.0. The number of oxime groups is 1. The zero-order valence-corrected chi connectivity index (χ0v) is 12.6. The molecule has 7 heteroatoms. The van der Waals surface area contributed by atoms with Crippen molar-refractivity contribution in [3.63, 3.8) is 0 Å². The van der Waals surface area contributed by atoms with E-state index >= 15 is 0 Å². The Morgan fingerprint density at radius 3 is 2.52 bits per heavy atom. The highest BCUT2D eigenvalue weighted by molar-refractivity contribution is 5.90. The number of amidine groups is 1. The zero-order valence-electron chi connectivity index (χ0n) is 12.6. The topological polar surface area (TPSA) is 106 Å². The average Bonchev–Trinajstić information content (AvgIpc) is 2.42. The van der Waals surface area contributed by atoms with Crippen molar-refractivity contribution >= 4 is 11.9 Å². The lowest BCUT2D eigenvalue weighted by Gasteiger charge is -2.24. The number of hydrogen-bond acceptors (Lipinski definition) is 5. The molecule has 116 valence electrons. The van der Waals surface area contributed by atoms with Gasteiger partial charge in [0.2, 0.25) is 0 Å². The molecule has 0 aliphatic rings. The van der Waals surface area contributed by atoms with E-state index in [1.165, 1.54) is 7.11 Å². The Bertz CT molecular complexity index is 523. The third kappa shape index (κ3) is 4.87. The van der Waals surface area contributed by atoms with Gasteiger partial charge in [-0.05, 0) is 26.8 Å². The van der Waals surface area contributed by atoms with Crippen molar-refractivity contribution in [2.75, 3.05) is 7.11 Å². The molecule has 1 amide bonds. The van der Waals surface area contributed by atoms with Gasteiger partial charge in [-0.3, -0.25) is 0 Å². The molecule has 1 aromatic rings. The molecule has 0 heterocycles. The van der Waals surface area contributed by atoms with Crippen LogP contribution in [0.5, 0.6) is 5.75 Å². The van der Waals surface area contributed by atoms with Crippen LogP contribution in [0.1, 0.15) is 32.4 Å². The van der Waals surface area contributed by atoms with E-state index in [1.54, 1.807) is 45.0 Å². The first kappa shape index (κ1) is 16.6. The van der Waals surface area contributed by atoms with Gasteiger partial charge in [0, 0.05) is 5.56 Å². The molecule has 0 aliphatic carbocycles. The van der Waals surface area contributed by atoms with Gasteiger partial charge in [0.1, 0.15) is 17.4 Å². The quantitative estimate of drug-likeness (QED) is 0.341. The first-order chi connectivity index (χ1) is 9.78. The minimum absolute atomic E-state index is 0.176. The highest BCUT2D eigenvalue weighted by atomic mass is 16.6. The Balaban J connectivity index is 3.05. The minimum atomic E-state index is -0.860. The molecule has 0 saturated carbocycles. The summed E-state index contributed by atoms with van der Waals surface area (Å²) < 4.78 is 10.4. The standard InChI is InChI=1S/C14H21N3O4/c1-14(2,3)21-13(18)16-11(12(15)17-19)9-7-5-6-8-10(9)20-4/h5-8,11,19H,1-4H3,(H2,15,17)(H,16,18). The van der Waals surface area contributed by atoms with Crippen molar-refractivity contribution in [1.29, 1.82) is 0 Å². The molecule has 1 rings (SSSR count). The van der Waals surface area contributed by atoms with Gasteiger partial charge in [0.05, 0.1) is 7.11 Å². The molecule has 4 N–H and O–H groups in total. The van der Waals surface area contributed by atoms with Crippen LogP contribution in [0.4, 0.5) is 4.79 Å². The van der Waals surface area contributed by atoms with Crippen LogP contribution in [0.2, 0.25) is 0 Å². The molecule has 0 aliphatic heterocycles. The van der Waals surface area contributed by atoms with Crippen molar-refractivity contribution in [3.05, 3.63) is 29.8 Å². The van der Waals surface area contributed by atoms with E-state index in [4.69, 9.17) is 20.4 Å². The number of nitrogens with one attached hydrogen (secondary N) is 1. The number of rotatable bonds is 4. The third-order valence-electron chi connectivity index (χ3n) is 2.52. The molecule has 0 spiro atoms. The van der Waals surface area contributed by atoms with Crippen LogP contribution < -0.4 is 15.8 Å². The lowest BCUT2D eigenvalue weighted by Crippen LogP contribution is -2.40. The highest BCUT2D eigenvalue weighted by Crippen LogP contribution is 2.25. The summed E-state index contributed by atoms with van der Waals surface area (Å²) in [4.78, 5) is 11.9. The fourth-order valence-electron chi connectivity index (χ4n) is 1.70. The summed E-state index contributed by atoms with van der Waals surface area (Å²) in [6.45, 7) is 5.23. The first-order valence-electron chi connectivity index (χ1n) is 6.38. The molecule has 0 bridgehead atoms. The fourth-order valence-corrected chi connectivity index (χ4v) is 1.70. The fraction of sp³-hybridized carbons (Fsp3) is 0.429. The molecule has 0 aromatic heterocycles. The number of nitrogens with two attached hydrogens (primary N) is 1. The molecule has 1 aromatic carbocycles. The number of methoxy groups -OCH3 is 1. The van der Waals surface area contributed by atoms with Gasteiger partial charge < -0.3 is 25.7 Å². The summed E-state index contributed by atoms with van der Waals surface area (Å²) in [6.07, 6.45) is -0.676. The van der Waals surface area contributed by atoms with E-state index in [1.807, 2.05) is 0 Å². The summed E-state index contributed by atoms with van der Waals surface area (Å²) in [6, 6.07) is 6.09. The summed E-state index contributed by atoms with van der Waals surface area (Å²) >= 11 is 0. The number of hydrogen-bond donors (Lipinski definition) is 3. The number of alkyl carbamates (subject to hydrolysis) is 1. The molecular formula is C14H21N3O4. The van der Waals surface area contributed by atoms with Gasteiger partial charge in [-0.1, -0.05) is 23.4 Å². The third-order valence-corrected chi connectivity index (χ3v) is 2.52. The predicted molar refractivity (Wildman–Crippen MR) is 78.5 cm³/mol. The van der Waals surface area contributed by atoms with Crippen molar-refractivity contribution < 1.29 is 19.5 Å². The van der Waals surface area contributed by atoms with Gasteiger partial charge in [-0.15, -0.1) is 0 Å². The van der Waals surface area contributed by atoms with Crippen LogP contribution in [-0.2, 0) is 4.74 Å². The molecule has 7 nitrogen and oxygen atoms in total. The molecular weight excluding hydrogens is 274 g/mol. The predicted octanol–water partition coefficient (Wildman–Crippen LogP) is 2.01. The van der Waals surface area contributed by atoms with Crippen molar-refractivity contribution in [2.45, 2.75) is 32.4 Å². The second kappa shape index (κ2) is 6.83. The van der Waals surface area contributed by atoms with Gasteiger partial charge in [0.25, 0.3) is 0 Å². The number of ether oxygens (including phenoxy) is 2. The van der Waals surface area contributed by atoms with Crippen LogP contribution in [-0.4, -0.2) is 29.8 Å². The number of nitrogens with zero attached hydrogens (tertiary/aromatic N) is 1. The van der Waals surface area contributed by atoms with Crippen LogP contribution >= 0.6 is 0 Å². The maximum Gasteiger partial charge on any atom is 0.408 e. The number of para-hydroxylation sites is 1. The van der Waals surface area contributed by atoms with Gasteiger partial charge in [-0.25, -0.2) is 4.79 Å². The Kier molecular flexibility index (Phi) is 5.40. The summed E-state index contributed by atoms with van der Waals surface area (Å²) in [5, 5.41) is 14.4. The maximum atomic E-state index is 11.9. The number of carbonyl (C=O) groups excluding carboxylic acids is 1. The molecule has 1 atom stereocenters. The summed E-state index contributed by atoms with van der Waals surface area (Å²) in [5.41, 5.74) is 5.56. The highest BCUT2D eigenvalue weighted by Gasteiger charge is 2.25. The van der Waals surface area contributed by atoms with E-state index in [-0.39, 0.29) is 5.84 Å². The normalized spacial score (nSPS) is 13.4. The van der Waals surface area contributed by atoms with Crippen LogP contribution in [0.25, 0.3) is 0 Å². The Labute approximate surface area is 123 Å². The molecule has 0 saturated heterocycles. The number of benzene rings is 1. The largest absolute Gasteiger partial charge is 0.496 e. The van der Waals surface area contributed by atoms with E-state index in [0.29, 0.717) is 11.3 Å². The van der Waals surface area contributed by atoms with E-state index in [2.05, 4.69) is 10.5 Å². The average molecular weight is 295 g/mol. The Morgan fingerprint density at radius 1 is 1.38 bits per heavy atom. The second-order valence-corrected chi connectivity index (χ2v) is 5.35. The molecule has 21 heavy (non-hydrogen) atoms. The molecule has 1 unspecified atom stereocenters. The number of carbonyl (C=O) groups is 1. The van der Waals surface area contributed by atoms with E-state index in [0.717, 1.165) is 0 Å². The van der Waals surface area contributed by atoms with Gasteiger partial charge >= 0.3 is 6.09 Å². The van der Waals surface area contributed by atoms with Crippen LogP contribution in [0.3, 0.4) is 0 Å². The van der Waals surface area contributed by atoms with Crippen molar-refractivity contribution in [3.8, 4) is 5.75 Å². The van der Waals surface area contributed by atoms with E-state index in [9.17, 15) is 4.79 Å². The Morgan fingerprint density at radius 2 is 2.00 bits per heavy atom.